The predicted molar refractivity (Wildman–Crippen MR) is 89.7 cm³/mol. The van der Waals surface area contributed by atoms with E-state index in [1.165, 1.54) is 0 Å². The Morgan fingerprint density at radius 1 is 1.22 bits per heavy atom. The molecule has 0 unspecified atom stereocenters. The van der Waals surface area contributed by atoms with Gasteiger partial charge < -0.3 is 14.8 Å². The van der Waals surface area contributed by atoms with Gasteiger partial charge in [-0.2, -0.15) is 0 Å². The van der Waals surface area contributed by atoms with E-state index in [1.807, 2.05) is 18.4 Å². The number of nitrogens with zero attached hydrogens (tertiary/aromatic N) is 3. The zero-order valence-corrected chi connectivity index (χ0v) is 14.5. The summed E-state index contributed by atoms with van der Waals surface area (Å²) in [5.41, 5.74) is 1.36. The Morgan fingerprint density at radius 2 is 1.96 bits per heavy atom. The lowest BCUT2D eigenvalue weighted by molar-refractivity contribution is 0.0754. The van der Waals surface area contributed by atoms with E-state index in [0.29, 0.717) is 31.2 Å². The molecule has 0 fully saturated rings. The van der Waals surface area contributed by atoms with Crippen LogP contribution in [0.3, 0.4) is 0 Å². The van der Waals surface area contributed by atoms with Crippen molar-refractivity contribution in [3.8, 4) is 0 Å². The topological polar surface area (TPSA) is 67.2 Å². The van der Waals surface area contributed by atoms with Crippen molar-refractivity contribution >= 4 is 11.8 Å². The molecule has 6 heteroatoms. The van der Waals surface area contributed by atoms with Crippen LogP contribution in [0.25, 0.3) is 0 Å². The minimum Gasteiger partial charge on any atom is -0.351 e. The van der Waals surface area contributed by atoms with Gasteiger partial charge in [-0.05, 0) is 39.5 Å². The van der Waals surface area contributed by atoms with Gasteiger partial charge in [0.15, 0.2) is 5.82 Å². The van der Waals surface area contributed by atoms with Crippen molar-refractivity contribution < 1.29 is 9.59 Å². The first-order valence-corrected chi connectivity index (χ1v) is 8.80. The van der Waals surface area contributed by atoms with Crippen molar-refractivity contribution in [2.45, 2.75) is 59.4 Å². The second-order valence-corrected chi connectivity index (χ2v) is 5.93. The smallest absolute Gasteiger partial charge is 0.289 e. The first kappa shape index (κ1) is 17.5. The molecule has 1 aliphatic rings. The van der Waals surface area contributed by atoms with Gasteiger partial charge >= 0.3 is 0 Å². The molecule has 128 valence electrons. The summed E-state index contributed by atoms with van der Waals surface area (Å²) >= 11 is 0. The van der Waals surface area contributed by atoms with E-state index in [-0.39, 0.29) is 11.8 Å². The summed E-state index contributed by atoms with van der Waals surface area (Å²) in [5, 5.41) is 2.92. The fourth-order valence-corrected chi connectivity index (χ4v) is 3.00. The minimum atomic E-state index is -0.150. The van der Waals surface area contributed by atoms with E-state index in [9.17, 15) is 9.59 Å². The van der Waals surface area contributed by atoms with Crippen molar-refractivity contribution in [1.82, 2.24) is 19.8 Å². The molecule has 0 saturated carbocycles. The van der Waals surface area contributed by atoms with E-state index >= 15 is 0 Å². The van der Waals surface area contributed by atoms with E-state index in [0.717, 1.165) is 44.3 Å². The standard InChI is InChI=1S/C17H28N4O2/c1-4-7-11-18-16(22)14-13-10-8-9-12-21(13)15(19-14)17(23)20(5-2)6-3/h4-12H2,1-3H3,(H,18,22). The maximum atomic E-state index is 12.7. The number of imidazole rings is 1. The van der Waals surface area contributed by atoms with E-state index < -0.39 is 0 Å². The predicted octanol–water partition coefficient (Wildman–Crippen LogP) is 2.23. The SMILES string of the molecule is CCCCNC(=O)c1nc(C(=O)N(CC)CC)n2c1CCCC2. The minimum absolute atomic E-state index is 0.0780. The van der Waals surface area contributed by atoms with Gasteiger partial charge in [0.2, 0.25) is 0 Å². The first-order valence-electron chi connectivity index (χ1n) is 8.80. The van der Waals surface area contributed by atoms with Crippen molar-refractivity contribution in [2.75, 3.05) is 19.6 Å². The first-order chi connectivity index (χ1) is 11.1. The molecular formula is C17H28N4O2. The molecule has 2 amide bonds. The Morgan fingerprint density at radius 3 is 2.61 bits per heavy atom. The molecule has 1 aromatic rings. The Labute approximate surface area is 138 Å². The molecule has 0 aromatic carbocycles. The normalized spacial score (nSPS) is 13.5. The van der Waals surface area contributed by atoms with Gasteiger partial charge in [0.05, 0.1) is 5.69 Å². The van der Waals surface area contributed by atoms with Gasteiger partial charge in [0, 0.05) is 26.2 Å². The van der Waals surface area contributed by atoms with Crippen molar-refractivity contribution in [3.63, 3.8) is 0 Å². The number of nitrogens with one attached hydrogen (secondary N) is 1. The number of hydrogen-bond acceptors (Lipinski definition) is 3. The molecule has 1 N–H and O–H groups in total. The van der Waals surface area contributed by atoms with Crippen LogP contribution in [0.4, 0.5) is 0 Å². The molecule has 1 aliphatic heterocycles. The molecule has 2 rings (SSSR count). The molecule has 0 spiro atoms. The summed E-state index contributed by atoms with van der Waals surface area (Å²) in [6.07, 6.45) is 4.87. The van der Waals surface area contributed by atoms with E-state index in [2.05, 4.69) is 17.2 Å². The van der Waals surface area contributed by atoms with Crippen LogP contribution in [-0.4, -0.2) is 45.9 Å². The Hall–Kier alpha value is -1.85. The molecule has 0 atom stereocenters. The maximum Gasteiger partial charge on any atom is 0.289 e. The summed E-state index contributed by atoms with van der Waals surface area (Å²) in [6.45, 7) is 8.73. The maximum absolute atomic E-state index is 12.7. The average molecular weight is 320 g/mol. The van der Waals surface area contributed by atoms with Crippen LogP contribution in [0.1, 0.15) is 73.3 Å². The summed E-state index contributed by atoms with van der Waals surface area (Å²) in [6, 6.07) is 0. The summed E-state index contributed by atoms with van der Waals surface area (Å²) in [7, 11) is 0. The third kappa shape index (κ3) is 3.74. The zero-order valence-electron chi connectivity index (χ0n) is 14.5. The third-order valence-corrected chi connectivity index (χ3v) is 4.39. The zero-order chi connectivity index (χ0) is 16.8. The number of unbranched alkanes of at least 4 members (excludes halogenated alkanes) is 1. The largest absolute Gasteiger partial charge is 0.351 e. The molecule has 6 nitrogen and oxygen atoms in total. The number of rotatable bonds is 7. The molecule has 23 heavy (non-hydrogen) atoms. The van der Waals surface area contributed by atoms with Crippen LogP contribution in [0, 0.1) is 0 Å². The Balaban J connectivity index is 2.30. The van der Waals surface area contributed by atoms with E-state index in [1.54, 1.807) is 4.90 Å². The third-order valence-electron chi connectivity index (χ3n) is 4.39. The number of hydrogen-bond donors (Lipinski definition) is 1. The molecule has 1 aromatic heterocycles. The number of aromatic nitrogens is 2. The van der Waals surface area contributed by atoms with Gasteiger partial charge in [-0.3, -0.25) is 9.59 Å². The van der Waals surface area contributed by atoms with Gasteiger partial charge in [0.1, 0.15) is 5.69 Å². The number of carbonyl (C=O) groups excluding carboxylic acids is 2. The fraction of sp³-hybridized carbons (Fsp3) is 0.706. The fourth-order valence-electron chi connectivity index (χ4n) is 3.00. The highest BCUT2D eigenvalue weighted by molar-refractivity contribution is 5.97. The van der Waals surface area contributed by atoms with Crippen LogP contribution in [0.5, 0.6) is 0 Å². The lowest BCUT2D eigenvalue weighted by atomic mass is 10.1. The molecule has 0 aliphatic carbocycles. The van der Waals surface area contributed by atoms with Gasteiger partial charge in [-0.1, -0.05) is 13.3 Å². The number of carbonyl (C=O) groups is 2. The highest BCUT2D eigenvalue weighted by atomic mass is 16.2. The van der Waals surface area contributed by atoms with Crippen LogP contribution in [0.15, 0.2) is 0 Å². The highest BCUT2D eigenvalue weighted by Crippen LogP contribution is 2.22. The van der Waals surface area contributed by atoms with Gasteiger partial charge in [0.25, 0.3) is 11.8 Å². The van der Waals surface area contributed by atoms with Gasteiger partial charge in [-0.25, -0.2) is 4.98 Å². The summed E-state index contributed by atoms with van der Waals surface area (Å²) in [4.78, 5) is 31.3. The monoisotopic (exact) mass is 320 g/mol. The number of amides is 2. The Kier molecular flexibility index (Phi) is 6.19. The van der Waals surface area contributed by atoms with Gasteiger partial charge in [-0.15, -0.1) is 0 Å². The van der Waals surface area contributed by atoms with Crippen LogP contribution < -0.4 is 5.32 Å². The molecule has 2 heterocycles. The lowest BCUT2D eigenvalue weighted by Crippen LogP contribution is -2.33. The van der Waals surface area contributed by atoms with Crippen LogP contribution in [-0.2, 0) is 13.0 Å². The summed E-state index contributed by atoms with van der Waals surface area (Å²) in [5.74, 6) is 0.192. The van der Waals surface area contributed by atoms with Crippen molar-refractivity contribution in [1.29, 1.82) is 0 Å². The van der Waals surface area contributed by atoms with Crippen molar-refractivity contribution in [2.24, 2.45) is 0 Å². The Bertz CT molecular complexity index is 561. The van der Waals surface area contributed by atoms with E-state index in [4.69, 9.17) is 0 Å². The lowest BCUT2D eigenvalue weighted by Gasteiger charge is -2.21. The highest BCUT2D eigenvalue weighted by Gasteiger charge is 2.28. The van der Waals surface area contributed by atoms with Crippen LogP contribution in [0.2, 0.25) is 0 Å². The molecule has 0 saturated heterocycles. The van der Waals surface area contributed by atoms with Crippen LogP contribution >= 0.6 is 0 Å². The number of fused-ring (bicyclic) bond motifs is 1. The van der Waals surface area contributed by atoms with Crippen molar-refractivity contribution in [3.05, 3.63) is 17.2 Å². The average Bonchev–Trinajstić information content (AvgIpc) is 2.95. The second-order valence-electron chi connectivity index (χ2n) is 5.93. The molecule has 0 bridgehead atoms. The molecule has 0 radical (unpaired) electrons. The molecular weight excluding hydrogens is 292 g/mol. The quantitative estimate of drug-likeness (QED) is 0.783. The summed E-state index contributed by atoms with van der Waals surface area (Å²) < 4.78 is 1.96. The second kappa shape index (κ2) is 8.13.